The van der Waals surface area contributed by atoms with Gasteiger partial charge in [-0.2, -0.15) is 0 Å². The fraction of sp³-hybridized carbons (Fsp3) is 0.333. The molecule has 5 heteroatoms. The average molecular weight is 259 g/mol. The molecule has 14 heavy (non-hydrogen) atoms. The molecule has 0 saturated heterocycles. The number of carbonyl (C=O) groups is 1. The number of H-pyrrole nitrogens is 1. The summed E-state index contributed by atoms with van der Waals surface area (Å²) in [6.45, 7) is 0.608. The fourth-order valence-electron chi connectivity index (χ4n) is 0.957. The van der Waals surface area contributed by atoms with Gasteiger partial charge in [-0.1, -0.05) is 15.9 Å². The molecule has 4 nitrogen and oxygen atoms in total. The lowest BCUT2D eigenvalue weighted by molar-refractivity contribution is 0.0953. The molecule has 0 saturated carbocycles. The van der Waals surface area contributed by atoms with Crippen LogP contribution in [0, 0.1) is 0 Å². The van der Waals surface area contributed by atoms with Crippen molar-refractivity contribution < 1.29 is 4.79 Å². The number of amides is 1. The highest BCUT2D eigenvalue weighted by Crippen LogP contribution is 1.93. The van der Waals surface area contributed by atoms with Gasteiger partial charge in [-0.3, -0.25) is 9.59 Å². The second kappa shape index (κ2) is 5.59. The van der Waals surface area contributed by atoms with Gasteiger partial charge in [0.05, 0.1) is 0 Å². The Morgan fingerprint density at radius 1 is 1.57 bits per heavy atom. The molecule has 76 valence electrons. The zero-order valence-corrected chi connectivity index (χ0v) is 9.13. The van der Waals surface area contributed by atoms with Crippen LogP contribution in [0.3, 0.4) is 0 Å². The predicted molar refractivity (Wildman–Crippen MR) is 57.8 cm³/mol. The van der Waals surface area contributed by atoms with Crippen LogP contribution in [-0.2, 0) is 0 Å². The highest BCUT2D eigenvalue weighted by Gasteiger charge is 2.03. The van der Waals surface area contributed by atoms with Gasteiger partial charge in [0.1, 0.15) is 0 Å². The molecule has 0 unspecified atom stereocenters. The van der Waals surface area contributed by atoms with E-state index < -0.39 is 0 Å². The van der Waals surface area contributed by atoms with Gasteiger partial charge in [0.2, 0.25) is 5.56 Å². The molecule has 1 aromatic heterocycles. The lowest BCUT2D eigenvalue weighted by Gasteiger charge is -2.02. The monoisotopic (exact) mass is 258 g/mol. The van der Waals surface area contributed by atoms with E-state index in [-0.39, 0.29) is 11.5 Å². The van der Waals surface area contributed by atoms with Gasteiger partial charge < -0.3 is 10.3 Å². The Hall–Kier alpha value is -1.10. The summed E-state index contributed by atoms with van der Waals surface area (Å²) in [7, 11) is 0. The highest BCUT2D eigenvalue weighted by atomic mass is 79.9. The largest absolute Gasteiger partial charge is 0.352 e. The zero-order valence-electron chi connectivity index (χ0n) is 7.55. The Kier molecular flexibility index (Phi) is 4.39. The maximum atomic E-state index is 11.4. The number of hydrogen-bond acceptors (Lipinski definition) is 2. The summed E-state index contributed by atoms with van der Waals surface area (Å²) in [6, 6.07) is 2.86. The van der Waals surface area contributed by atoms with Crippen molar-refractivity contribution in [2.24, 2.45) is 0 Å². The molecule has 1 rings (SSSR count). The first kappa shape index (κ1) is 11.0. The zero-order chi connectivity index (χ0) is 10.4. The molecule has 0 aliphatic carbocycles. The minimum Gasteiger partial charge on any atom is -0.352 e. The summed E-state index contributed by atoms with van der Waals surface area (Å²) in [5.41, 5.74) is 0.126. The molecule has 1 aromatic rings. The van der Waals surface area contributed by atoms with Crippen molar-refractivity contribution >= 4 is 21.8 Å². The number of aromatic amines is 1. The van der Waals surface area contributed by atoms with Crippen LogP contribution in [-0.4, -0.2) is 22.8 Å². The summed E-state index contributed by atoms with van der Waals surface area (Å²) >= 11 is 3.26. The third kappa shape index (κ3) is 3.33. The van der Waals surface area contributed by atoms with E-state index in [2.05, 4.69) is 26.2 Å². The lowest BCUT2D eigenvalue weighted by atomic mass is 10.2. The van der Waals surface area contributed by atoms with E-state index >= 15 is 0 Å². The van der Waals surface area contributed by atoms with Crippen LogP contribution in [0.4, 0.5) is 0 Å². The Morgan fingerprint density at radius 2 is 2.36 bits per heavy atom. The maximum absolute atomic E-state index is 11.4. The molecule has 1 amide bonds. The third-order valence-electron chi connectivity index (χ3n) is 1.63. The van der Waals surface area contributed by atoms with E-state index in [1.54, 1.807) is 6.07 Å². The first-order valence-electron chi connectivity index (χ1n) is 4.27. The molecule has 0 aromatic carbocycles. The Labute approximate surface area is 89.9 Å². The minimum absolute atomic E-state index is 0.211. The molecule has 1 heterocycles. The van der Waals surface area contributed by atoms with Crippen LogP contribution in [0.2, 0.25) is 0 Å². The minimum atomic E-state index is -0.266. The molecule has 0 bridgehead atoms. The van der Waals surface area contributed by atoms with E-state index in [0.29, 0.717) is 12.1 Å². The molecule has 0 fully saturated rings. The molecule has 2 N–H and O–H groups in total. The van der Waals surface area contributed by atoms with Gasteiger partial charge >= 0.3 is 0 Å². The van der Waals surface area contributed by atoms with Crippen molar-refractivity contribution in [1.29, 1.82) is 0 Å². The molecular weight excluding hydrogens is 248 g/mol. The molecule has 0 aliphatic heterocycles. The molecule has 0 atom stereocenters. The van der Waals surface area contributed by atoms with E-state index in [4.69, 9.17) is 0 Å². The number of aromatic nitrogens is 1. The van der Waals surface area contributed by atoms with Crippen molar-refractivity contribution in [3.8, 4) is 0 Å². The number of halogens is 1. The smallest absolute Gasteiger partial charge is 0.251 e. The van der Waals surface area contributed by atoms with Crippen molar-refractivity contribution in [3.63, 3.8) is 0 Å². The van der Waals surface area contributed by atoms with Crippen LogP contribution in [0.5, 0.6) is 0 Å². The van der Waals surface area contributed by atoms with Gasteiger partial charge in [-0.25, -0.2) is 0 Å². The quantitative estimate of drug-likeness (QED) is 0.623. The van der Waals surface area contributed by atoms with Crippen LogP contribution in [0.1, 0.15) is 16.8 Å². The Morgan fingerprint density at radius 3 is 3.00 bits per heavy atom. The molecular formula is C9H11BrN2O2. The predicted octanol–water partition coefficient (Wildman–Crippen LogP) is 0.890. The second-order valence-electron chi connectivity index (χ2n) is 2.74. The van der Waals surface area contributed by atoms with Crippen molar-refractivity contribution in [2.45, 2.75) is 6.42 Å². The molecule has 0 spiro atoms. The van der Waals surface area contributed by atoms with E-state index in [1.165, 1.54) is 12.3 Å². The lowest BCUT2D eigenvalue weighted by Crippen LogP contribution is -2.25. The third-order valence-corrected chi connectivity index (χ3v) is 2.19. The van der Waals surface area contributed by atoms with Crippen molar-refractivity contribution in [1.82, 2.24) is 10.3 Å². The van der Waals surface area contributed by atoms with Gasteiger partial charge in [0.15, 0.2) is 0 Å². The van der Waals surface area contributed by atoms with Crippen molar-refractivity contribution in [2.75, 3.05) is 11.9 Å². The first-order chi connectivity index (χ1) is 6.74. The van der Waals surface area contributed by atoms with Crippen LogP contribution in [0.25, 0.3) is 0 Å². The van der Waals surface area contributed by atoms with Crippen LogP contribution >= 0.6 is 15.9 Å². The first-order valence-corrected chi connectivity index (χ1v) is 5.39. The van der Waals surface area contributed by atoms with Gasteiger partial charge in [-0.05, 0) is 12.5 Å². The van der Waals surface area contributed by atoms with E-state index in [9.17, 15) is 9.59 Å². The van der Waals surface area contributed by atoms with Crippen LogP contribution in [0.15, 0.2) is 23.1 Å². The number of carbonyl (C=O) groups excluding carboxylic acids is 1. The van der Waals surface area contributed by atoms with Gasteiger partial charge in [-0.15, -0.1) is 0 Å². The number of pyridine rings is 1. The Balaban J connectivity index is 2.56. The summed E-state index contributed by atoms with van der Waals surface area (Å²) in [5, 5.41) is 3.56. The SMILES string of the molecule is O=C(NCCCBr)c1cc[nH]c(=O)c1. The number of hydrogen-bond donors (Lipinski definition) is 2. The number of nitrogens with one attached hydrogen (secondary N) is 2. The summed E-state index contributed by atoms with van der Waals surface area (Å²) in [6.07, 6.45) is 2.33. The van der Waals surface area contributed by atoms with Crippen molar-refractivity contribution in [3.05, 3.63) is 34.2 Å². The van der Waals surface area contributed by atoms with Crippen LogP contribution < -0.4 is 10.9 Å². The standard InChI is InChI=1S/C9H11BrN2O2/c10-3-1-4-12-9(14)7-2-5-11-8(13)6-7/h2,5-6H,1,3-4H2,(H,11,13)(H,12,14). The highest BCUT2D eigenvalue weighted by molar-refractivity contribution is 9.09. The maximum Gasteiger partial charge on any atom is 0.251 e. The summed E-state index contributed by atoms with van der Waals surface area (Å²) < 4.78 is 0. The number of rotatable bonds is 4. The Bertz CT molecular complexity index is 362. The fourth-order valence-corrected chi connectivity index (χ4v) is 1.24. The normalized spacial score (nSPS) is 9.79. The van der Waals surface area contributed by atoms with Gasteiger partial charge in [0, 0.05) is 29.7 Å². The van der Waals surface area contributed by atoms with Gasteiger partial charge in [0.25, 0.3) is 5.91 Å². The number of alkyl halides is 1. The second-order valence-corrected chi connectivity index (χ2v) is 3.53. The average Bonchev–Trinajstić information content (AvgIpc) is 2.18. The summed E-state index contributed by atoms with van der Waals surface area (Å²) in [5.74, 6) is -0.211. The molecule has 0 radical (unpaired) electrons. The van der Waals surface area contributed by atoms with E-state index in [0.717, 1.165) is 11.8 Å². The topological polar surface area (TPSA) is 62.0 Å². The van der Waals surface area contributed by atoms with E-state index in [1.807, 2.05) is 0 Å². The summed E-state index contributed by atoms with van der Waals surface area (Å²) in [4.78, 5) is 24.7. The molecule has 0 aliphatic rings.